The Kier molecular flexibility index (Phi) is 8.00. The molecule has 0 amide bonds. The second-order valence-corrected chi connectivity index (χ2v) is 16.6. The van der Waals surface area contributed by atoms with Crippen molar-refractivity contribution in [2.24, 2.45) is 0 Å². The van der Waals surface area contributed by atoms with Crippen LogP contribution in [0.15, 0.2) is 18.2 Å². The summed E-state index contributed by atoms with van der Waals surface area (Å²) in [5.74, 6) is 0.179. The lowest BCUT2D eigenvalue weighted by molar-refractivity contribution is 0.275. The van der Waals surface area contributed by atoms with E-state index in [0.717, 1.165) is 18.9 Å². The number of benzene rings is 1. The van der Waals surface area contributed by atoms with Crippen LogP contribution in [0.2, 0.25) is 38.3 Å². The summed E-state index contributed by atoms with van der Waals surface area (Å²) in [6.45, 7) is 11.5. The Labute approximate surface area is 144 Å². The van der Waals surface area contributed by atoms with Gasteiger partial charge in [-0.05, 0) is 68.8 Å². The summed E-state index contributed by atoms with van der Waals surface area (Å²) in [6, 6.07) is 7.96. The van der Waals surface area contributed by atoms with Crippen LogP contribution in [0.25, 0.3) is 0 Å². The van der Waals surface area contributed by atoms with Crippen molar-refractivity contribution in [3.8, 4) is 5.75 Å². The Morgan fingerprint density at radius 2 is 1.61 bits per heavy atom. The Hall–Kier alpha value is -0.626. The fourth-order valence-corrected chi connectivity index (χ4v) is 12.1. The van der Waals surface area contributed by atoms with Gasteiger partial charge in [0, 0.05) is 5.56 Å². The number of aliphatic hydroxyl groups excluding tert-OH is 1. The molecule has 0 aromatic heterocycles. The first-order valence-electron chi connectivity index (χ1n) is 8.81. The van der Waals surface area contributed by atoms with E-state index < -0.39 is 16.6 Å². The first kappa shape index (κ1) is 20.4. The van der Waals surface area contributed by atoms with Gasteiger partial charge in [-0.25, -0.2) is 0 Å². The highest BCUT2D eigenvalue weighted by Gasteiger charge is 2.31. The number of aliphatic hydroxyl groups is 1. The molecule has 0 atom stereocenters. The van der Waals surface area contributed by atoms with Crippen molar-refractivity contribution in [2.75, 3.05) is 0 Å². The van der Waals surface area contributed by atoms with Gasteiger partial charge in [0.05, 0.1) is 6.61 Å². The molecule has 0 radical (unpaired) electrons. The van der Waals surface area contributed by atoms with Gasteiger partial charge in [0.2, 0.25) is 0 Å². The molecule has 0 heterocycles. The topological polar surface area (TPSA) is 49.7 Å². The van der Waals surface area contributed by atoms with Gasteiger partial charge in [-0.2, -0.15) is 0 Å². The first-order valence-corrected chi connectivity index (χ1v) is 15.0. The van der Waals surface area contributed by atoms with E-state index in [-0.39, 0.29) is 12.4 Å². The van der Waals surface area contributed by atoms with Gasteiger partial charge in [0.1, 0.15) is 5.75 Å². The van der Waals surface area contributed by atoms with Gasteiger partial charge in [0.25, 0.3) is 0 Å². The quantitative estimate of drug-likeness (QED) is 0.578. The third-order valence-electron chi connectivity index (χ3n) is 4.24. The molecule has 5 heteroatoms. The average Bonchev–Trinajstić information content (AvgIpc) is 2.45. The van der Waals surface area contributed by atoms with Gasteiger partial charge in [0.15, 0.2) is 16.6 Å². The molecule has 3 nitrogen and oxygen atoms in total. The molecule has 0 aliphatic carbocycles. The summed E-state index contributed by atoms with van der Waals surface area (Å²) in [5, 5.41) is 18.8. The summed E-state index contributed by atoms with van der Waals surface area (Å²) in [7, 11) is -3.13. The molecule has 0 aliphatic heterocycles. The number of phenols is 1. The lowest BCUT2D eigenvalue weighted by Crippen LogP contribution is -2.44. The maximum absolute atomic E-state index is 9.62. The van der Waals surface area contributed by atoms with Gasteiger partial charge < -0.3 is 14.3 Å². The minimum absolute atomic E-state index is 0.111. The van der Waals surface area contributed by atoms with Crippen LogP contribution in [0.3, 0.4) is 0 Å². The fourth-order valence-electron chi connectivity index (χ4n) is 3.09. The molecule has 0 bridgehead atoms. The van der Waals surface area contributed by atoms with Crippen molar-refractivity contribution in [1.82, 2.24) is 0 Å². The highest BCUT2D eigenvalue weighted by Crippen LogP contribution is 2.25. The highest BCUT2D eigenvalue weighted by atomic mass is 28.4. The standard InChI is InChI=1S/C18H34O3Si2/c1-6-7-12-22(2,3)21-23(4,5)13-8-9-16-10-11-18(20)17(14-16)15-19/h10-11,14,19-20H,6-9,12-13,15H2,1-5H3. The van der Waals surface area contributed by atoms with Crippen LogP contribution in [-0.4, -0.2) is 26.8 Å². The van der Waals surface area contributed by atoms with Gasteiger partial charge in [-0.15, -0.1) is 0 Å². The van der Waals surface area contributed by atoms with E-state index in [4.69, 9.17) is 4.12 Å². The van der Waals surface area contributed by atoms with Gasteiger partial charge >= 0.3 is 0 Å². The second kappa shape index (κ2) is 9.01. The van der Waals surface area contributed by atoms with Crippen LogP contribution >= 0.6 is 0 Å². The van der Waals surface area contributed by atoms with Crippen molar-refractivity contribution >= 4 is 16.6 Å². The minimum Gasteiger partial charge on any atom is -0.508 e. The molecule has 132 valence electrons. The highest BCUT2D eigenvalue weighted by molar-refractivity contribution is 6.84. The van der Waals surface area contributed by atoms with Crippen molar-refractivity contribution in [1.29, 1.82) is 0 Å². The Morgan fingerprint density at radius 3 is 2.17 bits per heavy atom. The second-order valence-electron chi connectivity index (χ2n) is 7.70. The minimum atomic E-state index is -1.61. The summed E-state index contributed by atoms with van der Waals surface area (Å²) in [5.41, 5.74) is 1.79. The Bertz CT molecular complexity index is 487. The maximum Gasteiger partial charge on any atom is 0.173 e. The van der Waals surface area contributed by atoms with Crippen LogP contribution in [0, 0.1) is 0 Å². The van der Waals surface area contributed by atoms with E-state index in [9.17, 15) is 10.2 Å². The number of hydrogen-bond donors (Lipinski definition) is 2. The summed E-state index contributed by atoms with van der Waals surface area (Å²) in [4.78, 5) is 0. The number of rotatable bonds is 10. The first-order chi connectivity index (χ1) is 10.7. The third kappa shape index (κ3) is 7.65. The third-order valence-corrected chi connectivity index (χ3v) is 11.8. The molecular formula is C18H34O3Si2. The van der Waals surface area contributed by atoms with Crippen LogP contribution in [0.4, 0.5) is 0 Å². The van der Waals surface area contributed by atoms with Crippen LogP contribution in [-0.2, 0) is 17.1 Å². The lowest BCUT2D eigenvalue weighted by atomic mass is 10.1. The predicted molar refractivity (Wildman–Crippen MR) is 103 cm³/mol. The SMILES string of the molecule is CCCC[Si](C)(C)O[Si](C)(C)CCCc1ccc(O)c(CO)c1. The zero-order valence-electron chi connectivity index (χ0n) is 15.5. The number of aromatic hydroxyl groups is 1. The van der Waals surface area contributed by atoms with Gasteiger partial charge in [-0.3, -0.25) is 0 Å². The molecule has 0 saturated carbocycles. The van der Waals surface area contributed by atoms with E-state index in [1.165, 1.54) is 24.4 Å². The van der Waals surface area contributed by atoms with Crippen LogP contribution in [0.5, 0.6) is 5.75 Å². The zero-order valence-corrected chi connectivity index (χ0v) is 17.5. The zero-order chi connectivity index (χ0) is 17.5. The average molecular weight is 355 g/mol. The molecule has 1 aromatic carbocycles. The van der Waals surface area contributed by atoms with E-state index >= 15 is 0 Å². The molecule has 2 N–H and O–H groups in total. The summed E-state index contributed by atoms with van der Waals surface area (Å²) in [6.07, 6.45) is 4.61. The summed E-state index contributed by atoms with van der Waals surface area (Å²) < 4.78 is 6.63. The van der Waals surface area contributed by atoms with Gasteiger partial charge in [-0.1, -0.05) is 25.8 Å². The largest absolute Gasteiger partial charge is 0.508 e. The lowest BCUT2D eigenvalue weighted by Gasteiger charge is -2.34. The summed E-state index contributed by atoms with van der Waals surface area (Å²) >= 11 is 0. The number of aryl methyl sites for hydroxylation is 1. The predicted octanol–water partition coefficient (Wildman–Crippen LogP) is 5.04. The molecule has 0 spiro atoms. The monoisotopic (exact) mass is 354 g/mol. The number of unbranched alkanes of at least 4 members (excludes halogenated alkanes) is 1. The fraction of sp³-hybridized carbons (Fsp3) is 0.667. The molecule has 1 rings (SSSR count). The van der Waals surface area contributed by atoms with E-state index in [2.05, 4.69) is 33.1 Å². The van der Waals surface area contributed by atoms with Crippen molar-refractivity contribution in [2.45, 2.75) is 77.5 Å². The molecule has 0 saturated heterocycles. The molecular weight excluding hydrogens is 320 g/mol. The smallest absolute Gasteiger partial charge is 0.173 e. The Balaban J connectivity index is 2.50. The maximum atomic E-state index is 9.62. The Morgan fingerprint density at radius 1 is 1.00 bits per heavy atom. The van der Waals surface area contributed by atoms with Crippen LogP contribution < -0.4 is 0 Å². The van der Waals surface area contributed by atoms with E-state index in [0.29, 0.717) is 5.56 Å². The molecule has 1 aromatic rings. The number of hydrogen-bond acceptors (Lipinski definition) is 3. The normalized spacial score (nSPS) is 12.6. The van der Waals surface area contributed by atoms with Crippen LogP contribution in [0.1, 0.15) is 37.3 Å². The molecule has 0 fully saturated rings. The van der Waals surface area contributed by atoms with E-state index in [1.807, 2.05) is 12.1 Å². The van der Waals surface area contributed by atoms with Crippen molar-refractivity contribution in [3.05, 3.63) is 29.3 Å². The van der Waals surface area contributed by atoms with Crippen molar-refractivity contribution in [3.63, 3.8) is 0 Å². The molecule has 0 unspecified atom stereocenters. The van der Waals surface area contributed by atoms with E-state index in [1.54, 1.807) is 6.07 Å². The molecule has 0 aliphatic rings. The molecule has 23 heavy (non-hydrogen) atoms. The van der Waals surface area contributed by atoms with Crippen molar-refractivity contribution < 1.29 is 14.3 Å².